The quantitative estimate of drug-likeness (QED) is 0.317. The van der Waals surface area contributed by atoms with Gasteiger partial charge in [-0.3, -0.25) is 14.8 Å². The molecule has 0 bridgehead atoms. The van der Waals surface area contributed by atoms with E-state index in [4.69, 9.17) is 0 Å². The molecule has 0 unspecified atom stereocenters. The number of nitrogens with one attached hydrogen (secondary N) is 2. The second-order valence-electron chi connectivity index (χ2n) is 7.93. The Labute approximate surface area is 194 Å². The van der Waals surface area contributed by atoms with Gasteiger partial charge in [0.1, 0.15) is 0 Å². The molecule has 0 spiro atoms. The van der Waals surface area contributed by atoms with E-state index in [1.807, 2.05) is 7.05 Å². The smallest absolute Gasteiger partial charge is 0.191 e. The SMILES string of the molecule is CCN1CCN(CCNC(=NC)NCc2ccc(CN3CCCC3)cc2)CC1.I. The Kier molecular flexibility index (Phi) is 11.3. The first kappa shape index (κ1) is 24.4. The van der Waals surface area contributed by atoms with Crippen LogP contribution in [0.4, 0.5) is 0 Å². The molecule has 0 aromatic heterocycles. The first-order valence-electron chi connectivity index (χ1n) is 11.0. The summed E-state index contributed by atoms with van der Waals surface area (Å²) in [6.45, 7) is 14.5. The molecule has 2 heterocycles. The standard InChI is InChI=1S/C22H38N6.HI/c1-3-26-14-16-27(17-15-26)13-10-24-22(23-2)25-18-20-6-8-21(9-7-20)19-28-11-4-5-12-28;/h6-9H,3-5,10-19H2,1-2H3,(H2,23,24,25);1H. The second-order valence-corrected chi connectivity index (χ2v) is 7.93. The fourth-order valence-electron chi connectivity index (χ4n) is 4.03. The van der Waals surface area contributed by atoms with Crippen LogP contribution >= 0.6 is 24.0 Å². The number of halogens is 1. The van der Waals surface area contributed by atoms with Crippen molar-refractivity contribution >= 4 is 29.9 Å². The summed E-state index contributed by atoms with van der Waals surface area (Å²) < 4.78 is 0. The number of likely N-dealkylation sites (N-methyl/N-ethyl adjacent to an activating group) is 1. The average molecular weight is 515 g/mol. The van der Waals surface area contributed by atoms with Gasteiger partial charge in [0.25, 0.3) is 0 Å². The lowest BCUT2D eigenvalue weighted by Crippen LogP contribution is -2.49. The van der Waals surface area contributed by atoms with E-state index in [-0.39, 0.29) is 24.0 Å². The van der Waals surface area contributed by atoms with E-state index < -0.39 is 0 Å². The molecule has 0 aliphatic carbocycles. The van der Waals surface area contributed by atoms with Crippen molar-refractivity contribution in [1.29, 1.82) is 0 Å². The Morgan fingerprint density at radius 3 is 2.10 bits per heavy atom. The normalized spacial score (nSPS) is 19.2. The Bertz CT molecular complexity index is 592. The summed E-state index contributed by atoms with van der Waals surface area (Å²) in [6.07, 6.45) is 2.70. The summed E-state index contributed by atoms with van der Waals surface area (Å²) >= 11 is 0. The molecule has 0 amide bonds. The highest BCUT2D eigenvalue weighted by Crippen LogP contribution is 2.13. The van der Waals surface area contributed by atoms with Crippen LogP contribution in [0, 0.1) is 0 Å². The van der Waals surface area contributed by atoms with Gasteiger partial charge in [0.05, 0.1) is 0 Å². The highest BCUT2D eigenvalue weighted by molar-refractivity contribution is 14.0. The lowest BCUT2D eigenvalue weighted by Gasteiger charge is -2.34. The maximum Gasteiger partial charge on any atom is 0.191 e. The summed E-state index contributed by atoms with van der Waals surface area (Å²) in [4.78, 5) is 11.9. The van der Waals surface area contributed by atoms with Crippen molar-refractivity contribution in [2.75, 3.05) is 66.0 Å². The lowest BCUT2D eigenvalue weighted by molar-refractivity contribution is 0.139. The molecule has 0 saturated carbocycles. The van der Waals surface area contributed by atoms with Gasteiger partial charge in [-0.15, -0.1) is 24.0 Å². The van der Waals surface area contributed by atoms with E-state index in [9.17, 15) is 0 Å². The third-order valence-corrected chi connectivity index (χ3v) is 5.94. The van der Waals surface area contributed by atoms with E-state index in [2.05, 4.69) is 61.5 Å². The lowest BCUT2D eigenvalue weighted by atomic mass is 10.1. The van der Waals surface area contributed by atoms with Crippen molar-refractivity contribution in [2.24, 2.45) is 4.99 Å². The molecule has 2 fully saturated rings. The predicted octanol–water partition coefficient (Wildman–Crippen LogP) is 2.20. The van der Waals surface area contributed by atoms with Crippen LogP contribution in [0.5, 0.6) is 0 Å². The molecule has 164 valence electrons. The largest absolute Gasteiger partial charge is 0.355 e. The minimum atomic E-state index is 0. The van der Waals surface area contributed by atoms with Gasteiger partial charge in [-0.2, -0.15) is 0 Å². The third kappa shape index (κ3) is 8.39. The zero-order chi connectivity index (χ0) is 19.6. The number of rotatable bonds is 8. The van der Waals surface area contributed by atoms with Gasteiger partial charge < -0.3 is 15.5 Å². The number of guanidine groups is 1. The van der Waals surface area contributed by atoms with Gasteiger partial charge >= 0.3 is 0 Å². The van der Waals surface area contributed by atoms with E-state index in [1.54, 1.807) is 0 Å². The van der Waals surface area contributed by atoms with Gasteiger partial charge in [-0.05, 0) is 43.6 Å². The first-order valence-corrected chi connectivity index (χ1v) is 11.0. The molecule has 2 aliphatic heterocycles. The van der Waals surface area contributed by atoms with Gasteiger partial charge in [0.15, 0.2) is 5.96 Å². The minimum Gasteiger partial charge on any atom is -0.355 e. The Morgan fingerprint density at radius 2 is 1.48 bits per heavy atom. The van der Waals surface area contributed by atoms with Crippen LogP contribution in [-0.2, 0) is 13.1 Å². The molecule has 7 heteroatoms. The van der Waals surface area contributed by atoms with Crippen molar-refractivity contribution in [2.45, 2.75) is 32.9 Å². The number of hydrogen-bond acceptors (Lipinski definition) is 4. The third-order valence-electron chi connectivity index (χ3n) is 5.94. The van der Waals surface area contributed by atoms with Crippen LogP contribution < -0.4 is 10.6 Å². The summed E-state index contributed by atoms with van der Waals surface area (Å²) in [5, 5.41) is 6.88. The summed E-state index contributed by atoms with van der Waals surface area (Å²) in [5.74, 6) is 0.883. The van der Waals surface area contributed by atoms with Crippen LogP contribution in [0.25, 0.3) is 0 Å². The number of hydrogen-bond donors (Lipinski definition) is 2. The molecule has 2 saturated heterocycles. The number of likely N-dealkylation sites (tertiary alicyclic amines) is 1. The summed E-state index contributed by atoms with van der Waals surface area (Å²) in [6, 6.07) is 9.00. The maximum atomic E-state index is 4.36. The second kappa shape index (κ2) is 13.4. The first-order chi connectivity index (χ1) is 13.8. The molecular weight excluding hydrogens is 475 g/mol. The topological polar surface area (TPSA) is 46.1 Å². The van der Waals surface area contributed by atoms with Crippen LogP contribution in [0.15, 0.2) is 29.3 Å². The number of piperazine rings is 1. The molecule has 2 N–H and O–H groups in total. The predicted molar refractivity (Wildman–Crippen MR) is 133 cm³/mol. The van der Waals surface area contributed by atoms with Crippen molar-refractivity contribution in [3.8, 4) is 0 Å². The zero-order valence-electron chi connectivity index (χ0n) is 18.2. The Balaban J connectivity index is 0.00000300. The molecule has 1 aromatic rings. The summed E-state index contributed by atoms with van der Waals surface area (Å²) in [5.41, 5.74) is 2.71. The fourth-order valence-corrected chi connectivity index (χ4v) is 4.03. The molecule has 0 radical (unpaired) electrons. The minimum absolute atomic E-state index is 0. The Morgan fingerprint density at radius 1 is 0.862 bits per heavy atom. The highest BCUT2D eigenvalue weighted by atomic mass is 127. The van der Waals surface area contributed by atoms with Gasteiger partial charge in [-0.25, -0.2) is 0 Å². The van der Waals surface area contributed by atoms with E-state index in [0.29, 0.717) is 0 Å². The molecule has 0 atom stereocenters. The van der Waals surface area contributed by atoms with Gasteiger partial charge in [-0.1, -0.05) is 31.2 Å². The van der Waals surface area contributed by atoms with Crippen LogP contribution in [-0.4, -0.2) is 86.6 Å². The van der Waals surface area contributed by atoms with Crippen molar-refractivity contribution in [3.63, 3.8) is 0 Å². The molecular formula is C22H39IN6. The monoisotopic (exact) mass is 514 g/mol. The number of benzene rings is 1. The fraction of sp³-hybridized carbons (Fsp3) is 0.682. The molecule has 1 aromatic carbocycles. The van der Waals surface area contributed by atoms with Gasteiger partial charge in [0.2, 0.25) is 0 Å². The average Bonchev–Trinajstić information content (AvgIpc) is 3.25. The van der Waals surface area contributed by atoms with Crippen molar-refractivity contribution < 1.29 is 0 Å². The number of nitrogens with zero attached hydrogens (tertiary/aromatic N) is 4. The highest BCUT2D eigenvalue weighted by Gasteiger charge is 2.15. The maximum absolute atomic E-state index is 4.36. The molecule has 3 rings (SSSR count). The number of aliphatic imine (C=N–C) groups is 1. The van der Waals surface area contributed by atoms with E-state index in [1.165, 1.54) is 69.8 Å². The molecule has 2 aliphatic rings. The van der Waals surface area contributed by atoms with Crippen LogP contribution in [0.1, 0.15) is 30.9 Å². The van der Waals surface area contributed by atoms with Crippen molar-refractivity contribution in [1.82, 2.24) is 25.3 Å². The summed E-state index contributed by atoms with van der Waals surface area (Å²) in [7, 11) is 1.84. The van der Waals surface area contributed by atoms with Gasteiger partial charge in [0, 0.05) is 59.4 Å². The Hall–Kier alpha value is -0.900. The molecule has 6 nitrogen and oxygen atoms in total. The van der Waals surface area contributed by atoms with Crippen LogP contribution in [0.2, 0.25) is 0 Å². The van der Waals surface area contributed by atoms with E-state index >= 15 is 0 Å². The van der Waals surface area contributed by atoms with Crippen molar-refractivity contribution in [3.05, 3.63) is 35.4 Å². The molecule has 29 heavy (non-hydrogen) atoms. The van der Waals surface area contributed by atoms with E-state index in [0.717, 1.165) is 32.1 Å². The zero-order valence-corrected chi connectivity index (χ0v) is 20.5. The van der Waals surface area contributed by atoms with Crippen LogP contribution in [0.3, 0.4) is 0 Å².